The van der Waals surface area contributed by atoms with Gasteiger partial charge in [0.1, 0.15) is 0 Å². The zero-order chi connectivity index (χ0) is 7.49. The first-order valence-electron chi connectivity index (χ1n) is 2.12. The normalized spacial score (nSPS) is 11.6. The van der Waals surface area contributed by atoms with E-state index in [9.17, 15) is 4.79 Å². The van der Waals surface area contributed by atoms with Crippen LogP contribution >= 0.6 is 26.8 Å². The zero-order valence-corrected chi connectivity index (χ0v) is 9.78. The summed E-state index contributed by atoms with van der Waals surface area (Å²) in [6.45, 7) is 1.30. The molecule has 0 aliphatic carbocycles. The Kier molecular flexibility index (Phi) is 4.84. The van der Waals surface area contributed by atoms with Crippen LogP contribution in [0.4, 0.5) is 0 Å². The van der Waals surface area contributed by atoms with Gasteiger partial charge >= 0.3 is 69.4 Å². The number of Topliss-reactive ketones (excluding diaryl/α,β-unsaturated/α-hetero) is 1. The van der Waals surface area contributed by atoms with Gasteiger partial charge in [0, 0.05) is 0 Å². The Morgan fingerprint density at radius 3 is 2.11 bits per heavy atom. The van der Waals surface area contributed by atoms with Crippen LogP contribution in [0, 0.1) is 0 Å². The van der Waals surface area contributed by atoms with E-state index in [1.807, 2.05) is 0 Å². The van der Waals surface area contributed by atoms with E-state index in [2.05, 4.69) is 3.07 Å². The number of halogens is 3. The van der Waals surface area contributed by atoms with Gasteiger partial charge in [0.25, 0.3) is 0 Å². The standard InChI is InChI=1S/C3H5O2.3ClH.Sn/c1-3(5)2-4;;;;/h2H2,1H3;3*1H;/q-1;;;;+4/p-3. The van der Waals surface area contributed by atoms with Gasteiger partial charge in [-0.1, -0.05) is 0 Å². The molecule has 6 heteroatoms. The topological polar surface area (TPSA) is 26.3 Å². The fraction of sp³-hybridized carbons (Fsp3) is 0.667. The van der Waals surface area contributed by atoms with Crippen LogP contribution in [0.2, 0.25) is 0 Å². The number of carbonyl (C=O) groups is 1. The summed E-state index contributed by atoms with van der Waals surface area (Å²) in [5.41, 5.74) is 0. The predicted octanol–water partition coefficient (Wildman–Crippen LogP) is 1.74. The molecule has 0 amide bonds. The Balaban J connectivity index is 3.39. The maximum absolute atomic E-state index is 10.2. The van der Waals surface area contributed by atoms with Crippen molar-refractivity contribution < 1.29 is 7.87 Å². The molecule has 0 saturated carbocycles. The number of carbonyl (C=O) groups excluding carboxylic acids is 1. The second kappa shape index (κ2) is 4.23. The van der Waals surface area contributed by atoms with Gasteiger partial charge in [0.2, 0.25) is 0 Å². The second-order valence-corrected chi connectivity index (χ2v) is 19.4. The van der Waals surface area contributed by atoms with Crippen molar-refractivity contribution in [2.24, 2.45) is 0 Å². The Hall–Kier alpha value is 1.30. The number of hydrogen-bond donors (Lipinski definition) is 0. The van der Waals surface area contributed by atoms with E-state index in [1.54, 1.807) is 0 Å². The van der Waals surface area contributed by atoms with Crippen LogP contribution in [-0.4, -0.2) is 27.8 Å². The van der Waals surface area contributed by atoms with Crippen molar-refractivity contribution in [1.29, 1.82) is 0 Å². The van der Waals surface area contributed by atoms with Gasteiger partial charge in [-0.2, -0.15) is 0 Å². The van der Waals surface area contributed by atoms with Crippen LogP contribution in [0.3, 0.4) is 0 Å². The van der Waals surface area contributed by atoms with Crippen molar-refractivity contribution in [2.45, 2.75) is 6.92 Å². The van der Waals surface area contributed by atoms with Crippen molar-refractivity contribution in [3.8, 4) is 0 Å². The quantitative estimate of drug-likeness (QED) is 0.742. The first-order valence-corrected chi connectivity index (χ1v) is 14.1. The summed E-state index contributed by atoms with van der Waals surface area (Å²) in [6, 6.07) is 0. The average molecular weight is 298 g/mol. The van der Waals surface area contributed by atoms with Crippen molar-refractivity contribution in [3.63, 3.8) is 0 Å². The summed E-state index contributed by atoms with van der Waals surface area (Å²) < 4.78 is 4.65. The van der Waals surface area contributed by atoms with Gasteiger partial charge in [-0.05, 0) is 0 Å². The van der Waals surface area contributed by atoms with E-state index in [1.165, 1.54) is 6.92 Å². The van der Waals surface area contributed by atoms with Crippen molar-refractivity contribution >= 4 is 48.0 Å². The van der Waals surface area contributed by atoms with Crippen LogP contribution in [0.1, 0.15) is 6.92 Å². The van der Waals surface area contributed by atoms with Crippen LogP contribution in [0.15, 0.2) is 0 Å². The molecule has 9 heavy (non-hydrogen) atoms. The Morgan fingerprint density at radius 2 is 2.00 bits per heavy atom. The fourth-order valence-corrected chi connectivity index (χ4v) is 2.33. The van der Waals surface area contributed by atoms with E-state index < -0.39 is 15.4 Å². The molecule has 2 nitrogen and oxygen atoms in total. The predicted molar refractivity (Wildman–Crippen MR) is 39.9 cm³/mol. The molecular formula is C3H5Cl3O2Sn. The average Bonchev–Trinajstić information content (AvgIpc) is 1.59. The summed E-state index contributed by atoms with van der Waals surface area (Å²) >= 11 is -3.67. The SMILES string of the molecule is CC(=O)C[O][Sn]([Cl])([Cl])[Cl]. The van der Waals surface area contributed by atoms with Crippen LogP contribution in [0.5, 0.6) is 0 Å². The first-order chi connectivity index (χ1) is 3.92. The first kappa shape index (κ1) is 10.3. The van der Waals surface area contributed by atoms with Gasteiger partial charge in [-0.25, -0.2) is 0 Å². The summed E-state index contributed by atoms with van der Waals surface area (Å²) in [7, 11) is 16.0. The Morgan fingerprint density at radius 1 is 1.56 bits per heavy atom. The molecule has 0 bridgehead atoms. The number of ketones is 1. The molecule has 0 aromatic carbocycles. The van der Waals surface area contributed by atoms with E-state index in [0.29, 0.717) is 0 Å². The molecule has 54 valence electrons. The van der Waals surface area contributed by atoms with Crippen molar-refractivity contribution in [2.75, 3.05) is 6.61 Å². The molecule has 0 saturated heterocycles. The number of hydrogen-bond acceptors (Lipinski definition) is 2. The fourth-order valence-electron chi connectivity index (χ4n) is 0.183. The van der Waals surface area contributed by atoms with Crippen LogP contribution < -0.4 is 0 Å². The molecule has 0 fully saturated rings. The molecular weight excluding hydrogens is 293 g/mol. The van der Waals surface area contributed by atoms with Gasteiger partial charge < -0.3 is 0 Å². The van der Waals surface area contributed by atoms with Crippen LogP contribution in [-0.2, 0) is 7.87 Å². The van der Waals surface area contributed by atoms with Gasteiger partial charge in [-0.3, -0.25) is 0 Å². The van der Waals surface area contributed by atoms with Gasteiger partial charge in [0.05, 0.1) is 0 Å². The van der Waals surface area contributed by atoms with Gasteiger partial charge in [0.15, 0.2) is 0 Å². The minimum absolute atomic E-state index is 0.0768. The molecule has 0 N–H and O–H groups in total. The van der Waals surface area contributed by atoms with Gasteiger partial charge in [-0.15, -0.1) is 0 Å². The molecule has 0 rings (SSSR count). The summed E-state index contributed by atoms with van der Waals surface area (Å²) in [5.74, 6) is -0.127. The molecule has 0 aromatic rings. The van der Waals surface area contributed by atoms with E-state index in [4.69, 9.17) is 26.8 Å². The summed E-state index contributed by atoms with van der Waals surface area (Å²) in [5, 5.41) is 0. The monoisotopic (exact) mass is 298 g/mol. The van der Waals surface area contributed by atoms with Crippen molar-refractivity contribution in [3.05, 3.63) is 0 Å². The van der Waals surface area contributed by atoms with E-state index in [-0.39, 0.29) is 12.4 Å². The molecule has 0 radical (unpaired) electrons. The van der Waals surface area contributed by atoms with E-state index in [0.717, 1.165) is 0 Å². The van der Waals surface area contributed by atoms with Crippen molar-refractivity contribution in [1.82, 2.24) is 0 Å². The van der Waals surface area contributed by atoms with Crippen LogP contribution in [0.25, 0.3) is 0 Å². The maximum atomic E-state index is 10.2. The third-order valence-electron chi connectivity index (χ3n) is 0.439. The third kappa shape index (κ3) is 9.30. The summed E-state index contributed by atoms with van der Waals surface area (Å²) in [6.07, 6.45) is 0. The molecule has 0 heterocycles. The zero-order valence-electron chi connectivity index (χ0n) is 4.66. The molecule has 0 aliphatic rings. The molecule has 0 aliphatic heterocycles. The second-order valence-electron chi connectivity index (χ2n) is 1.44. The minimum atomic E-state index is -3.67. The Bertz CT molecular complexity index is 110. The molecule has 0 aromatic heterocycles. The molecule has 0 atom stereocenters. The molecule has 0 unspecified atom stereocenters. The Labute approximate surface area is 69.0 Å². The van der Waals surface area contributed by atoms with E-state index >= 15 is 0 Å². The summed E-state index contributed by atoms with van der Waals surface area (Å²) in [4.78, 5) is 10.2. The molecule has 0 spiro atoms. The third-order valence-corrected chi connectivity index (χ3v) is 3.98. The number of rotatable bonds is 3.